The highest BCUT2D eigenvalue weighted by atomic mass is 16.2. The molecule has 1 aromatic rings. The largest absolute Gasteiger partial charge is 0.356 e. The summed E-state index contributed by atoms with van der Waals surface area (Å²) in [5.41, 5.74) is 15.9. The molecular formula is C25H41N5O2. The molecule has 178 valence electrons. The molecule has 2 amide bonds. The summed E-state index contributed by atoms with van der Waals surface area (Å²) in [4.78, 5) is 27.3. The number of hydrogen-bond acceptors (Lipinski definition) is 5. The maximum absolute atomic E-state index is 13.2. The molecule has 7 heteroatoms. The van der Waals surface area contributed by atoms with E-state index in [-0.39, 0.29) is 23.1 Å². The summed E-state index contributed by atoms with van der Waals surface area (Å²) in [6.45, 7) is 9.43. The molecule has 0 fully saturated rings. The average Bonchev–Trinajstić information content (AvgIpc) is 2.76. The molecule has 3 atom stereocenters. The van der Waals surface area contributed by atoms with Crippen LogP contribution >= 0.6 is 0 Å². The number of nitrogens with zero attached hydrogens (tertiary/aromatic N) is 2. The fourth-order valence-corrected chi connectivity index (χ4v) is 4.46. The van der Waals surface area contributed by atoms with Crippen LogP contribution in [0, 0.1) is 16.9 Å². The molecule has 0 bridgehead atoms. The number of carbonyl (C=O) groups is 2. The lowest BCUT2D eigenvalue weighted by Gasteiger charge is -2.34. The maximum Gasteiger partial charge on any atom is 0.227 e. The van der Waals surface area contributed by atoms with Gasteiger partial charge in [0.15, 0.2) is 0 Å². The molecule has 0 aromatic heterocycles. The highest BCUT2D eigenvalue weighted by Crippen LogP contribution is 2.33. The maximum atomic E-state index is 13.2. The molecule has 2 rings (SSSR count). The SMILES string of the molecule is CCCCNC(=O)[C@H](C)C[C@H](N)[C@H](CC(C)(C)CC(=O)N1CCCc2ccccc21)N=N. The normalized spacial score (nSPS) is 16.6. The van der Waals surface area contributed by atoms with E-state index in [1.54, 1.807) is 0 Å². The van der Waals surface area contributed by atoms with Crippen molar-refractivity contribution in [2.24, 2.45) is 22.2 Å². The fourth-order valence-electron chi connectivity index (χ4n) is 4.46. The third-order valence-corrected chi connectivity index (χ3v) is 6.37. The zero-order chi connectivity index (χ0) is 23.7. The number of benzene rings is 1. The summed E-state index contributed by atoms with van der Waals surface area (Å²) in [7, 11) is 0. The Labute approximate surface area is 193 Å². The Morgan fingerprint density at radius 3 is 2.72 bits per heavy atom. The number of nitrogens with two attached hydrogens (primary N) is 1. The second kappa shape index (κ2) is 12.1. The van der Waals surface area contributed by atoms with E-state index < -0.39 is 12.1 Å². The van der Waals surface area contributed by atoms with Gasteiger partial charge in [-0.2, -0.15) is 5.11 Å². The van der Waals surface area contributed by atoms with Gasteiger partial charge in [-0.05, 0) is 49.1 Å². The van der Waals surface area contributed by atoms with Crippen molar-refractivity contribution in [1.29, 1.82) is 5.53 Å². The van der Waals surface area contributed by atoms with E-state index in [0.29, 0.717) is 25.8 Å². The van der Waals surface area contributed by atoms with Crippen LogP contribution < -0.4 is 16.0 Å². The van der Waals surface area contributed by atoms with Gasteiger partial charge in [-0.15, -0.1) is 0 Å². The number of para-hydroxylation sites is 1. The zero-order valence-corrected chi connectivity index (χ0v) is 20.2. The summed E-state index contributed by atoms with van der Waals surface area (Å²) in [5, 5.41) is 6.73. The number of anilines is 1. The van der Waals surface area contributed by atoms with Gasteiger partial charge >= 0.3 is 0 Å². The van der Waals surface area contributed by atoms with Crippen molar-refractivity contribution in [3.63, 3.8) is 0 Å². The van der Waals surface area contributed by atoms with Crippen molar-refractivity contribution in [3.05, 3.63) is 29.8 Å². The lowest BCUT2D eigenvalue weighted by Crippen LogP contribution is -2.42. The van der Waals surface area contributed by atoms with Gasteiger partial charge in [0, 0.05) is 37.2 Å². The Morgan fingerprint density at radius 2 is 2.03 bits per heavy atom. The number of unbranched alkanes of at least 4 members (excludes halogenated alkanes) is 1. The predicted octanol–water partition coefficient (Wildman–Crippen LogP) is 4.44. The molecular weight excluding hydrogens is 402 g/mol. The lowest BCUT2D eigenvalue weighted by atomic mass is 9.79. The van der Waals surface area contributed by atoms with E-state index in [4.69, 9.17) is 11.3 Å². The number of aryl methyl sites for hydroxylation is 1. The molecule has 1 heterocycles. The third kappa shape index (κ3) is 7.40. The lowest BCUT2D eigenvalue weighted by molar-refractivity contribution is -0.124. The second-order valence-corrected chi connectivity index (χ2v) is 9.96. The molecule has 7 nitrogen and oxygen atoms in total. The first-order chi connectivity index (χ1) is 15.2. The zero-order valence-electron chi connectivity index (χ0n) is 20.2. The van der Waals surface area contributed by atoms with Crippen LogP contribution in [0.3, 0.4) is 0 Å². The predicted molar refractivity (Wildman–Crippen MR) is 129 cm³/mol. The molecule has 0 unspecified atom stereocenters. The van der Waals surface area contributed by atoms with Crippen molar-refractivity contribution >= 4 is 17.5 Å². The van der Waals surface area contributed by atoms with Gasteiger partial charge in [-0.25, -0.2) is 5.53 Å². The Morgan fingerprint density at radius 1 is 1.31 bits per heavy atom. The minimum Gasteiger partial charge on any atom is -0.356 e. The van der Waals surface area contributed by atoms with Gasteiger partial charge in [-0.1, -0.05) is 52.3 Å². The molecule has 0 radical (unpaired) electrons. The van der Waals surface area contributed by atoms with Gasteiger partial charge in [-0.3, -0.25) is 9.59 Å². The molecule has 0 spiro atoms. The van der Waals surface area contributed by atoms with Gasteiger partial charge in [0.1, 0.15) is 0 Å². The molecule has 1 aromatic carbocycles. The number of hydrogen-bond donors (Lipinski definition) is 3. The van der Waals surface area contributed by atoms with E-state index in [0.717, 1.165) is 37.9 Å². The monoisotopic (exact) mass is 443 g/mol. The molecule has 1 aliphatic rings. The Kier molecular flexibility index (Phi) is 9.82. The quantitative estimate of drug-likeness (QED) is 0.328. The van der Waals surface area contributed by atoms with Crippen LogP contribution in [-0.4, -0.2) is 37.0 Å². The van der Waals surface area contributed by atoms with Crippen molar-refractivity contribution in [3.8, 4) is 0 Å². The van der Waals surface area contributed by atoms with Crippen LogP contribution in [0.5, 0.6) is 0 Å². The van der Waals surface area contributed by atoms with E-state index in [9.17, 15) is 9.59 Å². The molecule has 4 N–H and O–H groups in total. The molecule has 1 aliphatic heterocycles. The number of carbonyl (C=O) groups excluding carboxylic acids is 2. The van der Waals surface area contributed by atoms with Crippen LogP contribution in [0.1, 0.15) is 71.8 Å². The topological polar surface area (TPSA) is 112 Å². The summed E-state index contributed by atoms with van der Waals surface area (Å²) >= 11 is 0. The Hall–Kier alpha value is -2.28. The molecule has 0 saturated carbocycles. The van der Waals surface area contributed by atoms with E-state index in [2.05, 4.69) is 23.4 Å². The van der Waals surface area contributed by atoms with Crippen LogP contribution in [0.25, 0.3) is 0 Å². The van der Waals surface area contributed by atoms with Crippen molar-refractivity contribution in [2.75, 3.05) is 18.0 Å². The summed E-state index contributed by atoms with van der Waals surface area (Å²) in [6.07, 6.45) is 5.33. The smallest absolute Gasteiger partial charge is 0.227 e. The highest BCUT2D eigenvalue weighted by Gasteiger charge is 2.33. The number of nitrogens with one attached hydrogen (secondary N) is 2. The standard InChI is InChI=1S/C25H41N5O2/c1-5-6-13-28-24(32)18(2)15-20(26)21(29-27)16-25(3,4)17-23(31)30-14-9-11-19-10-7-8-12-22(19)30/h7-8,10,12,18,20-21,27H,5-6,9,11,13-17,26H2,1-4H3,(H,28,32)/t18-,20+,21+/m1/s1. The first kappa shape index (κ1) is 26.0. The first-order valence-electron chi connectivity index (χ1n) is 12.0. The number of rotatable bonds is 12. The van der Waals surface area contributed by atoms with Gasteiger partial charge in [0.05, 0.1) is 6.04 Å². The third-order valence-electron chi connectivity index (χ3n) is 6.37. The van der Waals surface area contributed by atoms with Crippen LogP contribution in [0.2, 0.25) is 0 Å². The molecule has 0 aliphatic carbocycles. The van der Waals surface area contributed by atoms with Gasteiger partial charge < -0.3 is 16.0 Å². The average molecular weight is 444 g/mol. The summed E-state index contributed by atoms with van der Waals surface area (Å²) < 4.78 is 0. The number of fused-ring (bicyclic) bond motifs is 1. The van der Waals surface area contributed by atoms with Crippen molar-refractivity contribution in [2.45, 2.75) is 84.7 Å². The van der Waals surface area contributed by atoms with E-state index in [1.165, 1.54) is 5.56 Å². The van der Waals surface area contributed by atoms with Crippen LogP contribution in [-0.2, 0) is 16.0 Å². The fraction of sp³-hybridized carbons (Fsp3) is 0.680. The van der Waals surface area contributed by atoms with E-state index >= 15 is 0 Å². The second-order valence-electron chi connectivity index (χ2n) is 9.96. The van der Waals surface area contributed by atoms with Crippen molar-refractivity contribution in [1.82, 2.24) is 5.32 Å². The minimum atomic E-state index is -0.419. The van der Waals surface area contributed by atoms with E-state index in [1.807, 2.05) is 43.9 Å². The first-order valence-corrected chi connectivity index (χ1v) is 12.0. The molecule has 32 heavy (non-hydrogen) atoms. The minimum absolute atomic E-state index is 0.00386. The van der Waals surface area contributed by atoms with Crippen LogP contribution in [0.4, 0.5) is 5.69 Å². The Balaban J connectivity index is 1.94. The van der Waals surface area contributed by atoms with Crippen LogP contribution in [0.15, 0.2) is 29.4 Å². The summed E-state index contributed by atoms with van der Waals surface area (Å²) in [6, 6.07) is 7.28. The molecule has 0 saturated heterocycles. The highest BCUT2D eigenvalue weighted by molar-refractivity contribution is 5.94. The summed E-state index contributed by atoms with van der Waals surface area (Å²) in [5.74, 6) is -0.139. The Bertz CT molecular complexity index is 779. The van der Waals surface area contributed by atoms with Crippen molar-refractivity contribution < 1.29 is 9.59 Å². The van der Waals surface area contributed by atoms with Gasteiger partial charge in [0.2, 0.25) is 11.8 Å². The van der Waals surface area contributed by atoms with Gasteiger partial charge in [0.25, 0.3) is 0 Å². The number of amides is 2.